The molecule has 2 fully saturated rings. The summed E-state index contributed by atoms with van der Waals surface area (Å²) in [6.07, 6.45) is 2.74. The summed E-state index contributed by atoms with van der Waals surface area (Å²) in [4.78, 5) is 19.2. The Bertz CT molecular complexity index is 772. The van der Waals surface area contributed by atoms with Crippen molar-refractivity contribution in [3.63, 3.8) is 0 Å². The van der Waals surface area contributed by atoms with E-state index in [9.17, 15) is 9.18 Å². The molecule has 1 amide bonds. The quantitative estimate of drug-likeness (QED) is 0.860. The monoisotopic (exact) mass is 358 g/mol. The van der Waals surface area contributed by atoms with E-state index in [1.807, 2.05) is 4.90 Å². The van der Waals surface area contributed by atoms with E-state index in [1.54, 1.807) is 19.2 Å². The Hall–Kier alpha value is -2.28. The lowest BCUT2D eigenvalue weighted by atomic mass is 9.91. The molecule has 1 aliphatic carbocycles. The van der Waals surface area contributed by atoms with E-state index in [0.717, 1.165) is 17.9 Å². The molecule has 26 heavy (non-hydrogen) atoms. The van der Waals surface area contributed by atoms with Crippen LogP contribution in [0, 0.1) is 17.7 Å². The summed E-state index contributed by atoms with van der Waals surface area (Å²) in [5.41, 5.74) is 0.836. The average molecular weight is 358 g/mol. The second-order valence-electron chi connectivity index (χ2n) is 7.28. The zero-order valence-corrected chi connectivity index (χ0v) is 14.8. The number of likely N-dealkylation sites (tertiary alicyclic amines) is 1. The van der Waals surface area contributed by atoms with Crippen molar-refractivity contribution in [2.75, 3.05) is 20.2 Å². The first kappa shape index (κ1) is 17.1. The fraction of sp³-hybridized carbons (Fsp3) is 0.526. The summed E-state index contributed by atoms with van der Waals surface area (Å²) >= 11 is 0. The largest absolute Gasteiger partial charge is 0.377 e. The highest BCUT2D eigenvalue weighted by Gasteiger charge is 2.45. The number of amides is 1. The van der Waals surface area contributed by atoms with Crippen molar-refractivity contribution in [3.8, 4) is 0 Å². The second kappa shape index (κ2) is 7.15. The number of hydrogen-bond donors (Lipinski definition) is 1. The number of methoxy groups -OCH3 is 1. The van der Waals surface area contributed by atoms with Gasteiger partial charge < -0.3 is 9.64 Å². The summed E-state index contributed by atoms with van der Waals surface area (Å²) in [6.45, 7) is 1.80. The van der Waals surface area contributed by atoms with Crippen molar-refractivity contribution in [1.82, 2.24) is 20.1 Å². The predicted octanol–water partition coefficient (Wildman–Crippen LogP) is 2.28. The molecule has 1 aromatic carbocycles. The summed E-state index contributed by atoms with van der Waals surface area (Å²) in [7, 11) is 1.63. The highest BCUT2D eigenvalue weighted by molar-refractivity contribution is 5.79. The highest BCUT2D eigenvalue weighted by Crippen LogP contribution is 2.47. The van der Waals surface area contributed by atoms with Crippen LogP contribution in [0.2, 0.25) is 0 Å². The fourth-order valence-electron chi connectivity index (χ4n) is 3.87. The normalized spacial score (nSPS) is 22.8. The topological polar surface area (TPSA) is 71.1 Å². The Morgan fingerprint density at radius 3 is 2.77 bits per heavy atom. The molecule has 2 aliphatic rings. The van der Waals surface area contributed by atoms with Gasteiger partial charge in [-0.05, 0) is 42.4 Å². The van der Waals surface area contributed by atoms with Gasteiger partial charge >= 0.3 is 0 Å². The van der Waals surface area contributed by atoms with E-state index in [2.05, 4.69) is 15.2 Å². The van der Waals surface area contributed by atoms with Gasteiger partial charge in [-0.1, -0.05) is 12.1 Å². The van der Waals surface area contributed by atoms with Crippen LogP contribution in [0.15, 0.2) is 24.3 Å². The number of aromatic nitrogens is 3. The van der Waals surface area contributed by atoms with Gasteiger partial charge in [0, 0.05) is 26.1 Å². The Morgan fingerprint density at radius 1 is 1.31 bits per heavy atom. The number of carbonyl (C=O) groups excluding carboxylic acids is 1. The van der Waals surface area contributed by atoms with E-state index in [0.29, 0.717) is 37.2 Å². The summed E-state index contributed by atoms with van der Waals surface area (Å²) < 4.78 is 18.1. The van der Waals surface area contributed by atoms with Crippen LogP contribution in [0.5, 0.6) is 0 Å². The molecule has 0 spiro atoms. The van der Waals surface area contributed by atoms with Crippen LogP contribution in [0.1, 0.15) is 36.0 Å². The standard InChI is InChI=1S/C19H23FN4O2/c1-26-11-17-21-19(23-22-17)16-10-24(9-15(16)13-4-5-13)18(25)8-12-2-6-14(20)7-3-12/h2-3,6-7,13,15-16H,4-5,8-11H2,1H3,(H,21,22,23)/t15-,16+/m1/s1. The lowest BCUT2D eigenvalue weighted by Crippen LogP contribution is -2.30. The first-order valence-electron chi connectivity index (χ1n) is 9.06. The number of halogens is 1. The minimum absolute atomic E-state index is 0.0809. The molecule has 1 aromatic heterocycles. The van der Waals surface area contributed by atoms with Crippen LogP contribution in [0.25, 0.3) is 0 Å². The SMILES string of the molecule is COCc1nc([C@H]2CN(C(=O)Cc3ccc(F)cc3)C[C@@H]2C2CC2)n[nH]1. The molecule has 0 bridgehead atoms. The molecule has 6 nitrogen and oxygen atoms in total. The van der Waals surface area contributed by atoms with E-state index in [-0.39, 0.29) is 17.6 Å². The van der Waals surface area contributed by atoms with Crippen molar-refractivity contribution in [3.05, 3.63) is 47.3 Å². The first-order chi connectivity index (χ1) is 12.6. The number of benzene rings is 1. The number of nitrogens with zero attached hydrogens (tertiary/aromatic N) is 3. The molecule has 1 aliphatic heterocycles. The molecular weight excluding hydrogens is 335 g/mol. The van der Waals surface area contributed by atoms with Gasteiger partial charge in [0.1, 0.15) is 12.4 Å². The van der Waals surface area contributed by atoms with Crippen molar-refractivity contribution in [2.45, 2.75) is 31.8 Å². The van der Waals surface area contributed by atoms with Crippen molar-refractivity contribution < 1.29 is 13.9 Å². The Balaban J connectivity index is 1.46. The maximum Gasteiger partial charge on any atom is 0.227 e. The molecule has 2 heterocycles. The zero-order valence-electron chi connectivity index (χ0n) is 14.8. The van der Waals surface area contributed by atoms with Gasteiger partial charge in [-0.3, -0.25) is 9.89 Å². The number of carbonyl (C=O) groups is 1. The van der Waals surface area contributed by atoms with Gasteiger partial charge in [-0.15, -0.1) is 0 Å². The summed E-state index contributed by atoms with van der Waals surface area (Å²) in [5.74, 6) is 2.54. The minimum Gasteiger partial charge on any atom is -0.377 e. The summed E-state index contributed by atoms with van der Waals surface area (Å²) in [6, 6.07) is 6.14. The second-order valence-corrected chi connectivity index (χ2v) is 7.28. The Labute approximate surface area is 151 Å². The minimum atomic E-state index is -0.285. The predicted molar refractivity (Wildman–Crippen MR) is 92.7 cm³/mol. The number of rotatable bonds is 6. The molecule has 1 N–H and O–H groups in total. The molecule has 7 heteroatoms. The number of H-pyrrole nitrogens is 1. The van der Waals surface area contributed by atoms with Gasteiger partial charge in [0.2, 0.25) is 5.91 Å². The molecule has 138 valence electrons. The van der Waals surface area contributed by atoms with Gasteiger partial charge in [0.15, 0.2) is 11.6 Å². The van der Waals surface area contributed by atoms with Crippen molar-refractivity contribution in [1.29, 1.82) is 0 Å². The van der Waals surface area contributed by atoms with Crippen LogP contribution in [-0.2, 0) is 22.6 Å². The molecule has 1 saturated carbocycles. The highest BCUT2D eigenvalue weighted by atomic mass is 19.1. The lowest BCUT2D eigenvalue weighted by Gasteiger charge is -2.16. The van der Waals surface area contributed by atoms with Gasteiger partial charge in [0.05, 0.1) is 6.42 Å². The molecule has 0 radical (unpaired) electrons. The molecule has 4 rings (SSSR count). The van der Waals surface area contributed by atoms with Crippen LogP contribution in [0.4, 0.5) is 4.39 Å². The molecule has 2 atom stereocenters. The Morgan fingerprint density at radius 2 is 2.08 bits per heavy atom. The maximum atomic E-state index is 13.0. The number of aromatic amines is 1. The lowest BCUT2D eigenvalue weighted by molar-refractivity contribution is -0.129. The van der Waals surface area contributed by atoms with Crippen LogP contribution in [0.3, 0.4) is 0 Å². The average Bonchev–Trinajstić information content (AvgIpc) is 3.20. The first-order valence-corrected chi connectivity index (χ1v) is 9.06. The molecule has 0 unspecified atom stereocenters. The Kier molecular flexibility index (Phi) is 4.72. The van der Waals surface area contributed by atoms with Crippen molar-refractivity contribution >= 4 is 5.91 Å². The third kappa shape index (κ3) is 3.62. The number of hydrogen-bond acceptors (Lipinski definition) is 4. The van der Waals surface area contributed by atoms with Crippen molar-refractivity contribution in [2.24, 2.45) is 11.8 Å². The number of nitrogens with one attached hydrogen (secondary N) is 1. The van der Waals surface area contributed by atoms with E-state index >= 15 is 0 Å². The molecular formula is C19H23FN4O2. The summed E-state index contributed by atoms with van der Waals surface area (Å²) in [5, 5.41) is 7.30. The van der Waals surface area contributed by atoms with E-state index < -0.39 is 0 Å². The third-order valence-corrected chi connectivity index (χ3v) is 5.38. The van der Waals surface area contributed by atoms with Gasteiger partial charge in [-0.2, -0.15) is 5.10 Å². The van der Waals surface area contributed by atoms with Crippen LogP contribution in [-0.4, -0.2) is 46.2 Å². The molecule has 1 saturated heterocycles. The van der Waals surface area contributed by atoms with E-state index in [4.69, 9.17) is 4.74 Å². The van der Waals surface area contributed by atoms with Gasteiger partial charge in [-0.25, -0.2) is 9.37 Å². The number of ether oxygens (including phenoxy) is 1. The zero-order chi connectivity index (χ0) is 18.1. The smallest absolute Gasteiger partial charge is 0.227 e. The van der Waals surface area contributed by atoms with Gasteiger partial charge in [0.25, 0.3) is 0 Å². The van der Waals surface area contributed by atoms with Crippen LogP contribution >= 0.6 is 0 Å². The molecule has 2 aromatic rings. The van der Waals surface area contributed by atoms with E-state index in [1.165, 1.54) is 25.0 Å². The fourth-order valence-corrected chi connectivity index (χ4v) is 3.87. The third-order valence-electron chi connectivity index (χ3n) is 5.38. The van der Waals surface area contributed by atoms with Crippen LogP contribution < -0.4 is 0 Å². The maximum absolute atomic E-state index is 13.0.